The number of nitrogens with zero attached hydrogens (tertiary/aromatic N) is 1. The topological polar surface area (TPSA) is 3.24 Å². The van der Waals surface area contributed by atoms with E-state index in [1.807, 2.05) is 0 Å². The predicted octanol–water partition coefficient (Wildman–Crippen LogP) is 6.97. The zero-order chi connectivity index (χ0) is 16.2. The highest BCUT2D eigenvalue weighted by Crippen LogP contribution is 2.27. The van der Waals surface area contributed by atoms with Crippen LogP contribution in [0.5, 0.6) is 0 Å². The van der Waals surface area contributed by atoms with Gasteiger partial charge >= 0.3 is 0 Å². The van der Waals surface area contributed by atoms with E-state index in [1.165, 1.54) is 95.7 Å². The Labute approximate surface area is 144 Å². The molecular weight excluding hydrogens is 278 g/mol. The summed E-state index contributed by atoms with van der Waals surface area (Å²) in [6.07, 6.45) is 18.5. The fourth-order valence-corrected chi connectivity index (χ4v) is 3.95. The molecule has 1 heteroatoms. The van der Waals surface area contributed by atoms with Gasteiger partial charge in [0, 0.05) is 18.3 Å². The van der Waals surface area contributed by atoms with Crippen molar-refractivity contribution < 1.29 is 0 Å². The van der Waals surface area contributed by atoms with Crippen LogP contribution in [0.25, 0.3) is 0 Å². The van der Waals surface area contributed by atoms with Gasteiger partial charge < -0.3 is 4.90 Å². The lowest BCUT2D eigenvalue weighted by molar-refractivity contribution is 0.420. The van der Waals surface area contributed by atoms with Gasteiger partial charge in [0.25, 0.3) is 0 Å². The van der Waals surface area contributed by atoms with E-state index in [9.17, 15) is 0 Å². The molecule has 1 nitrogen and oxygen atoms in total. The maximum absolute atomic E-state index is 2.67. The van der Waals surface area contributed by atoms with Crippen LogP contribution in [0.3, 0.4) is 0 Å². The summed E-state index contributed by atoms with van der Waals surface area (Å²) >= 11 is 0. The van der Waals surface area contributed by atoms with Gasteiger partial charge in [-0.25, -0.2) is 0 Å². The average molecular weight is 316 g/mol. The summed E-state index contributed by atoms with van der Waals surface area (Å²) in [5, 5.41) is 0. The molecule has 0 amide bonds. The highest BCUT2D eigenvalue weighted by molar-refractivity contribution is 5.47. The van der Waals surface area contributed by atoms with Gasteiger partial charge in [-0.1, -0.05) is 82.9 Å². The van der Waals surface area contributed by atoms with Crippen molar-refractivity contribution in [3.05, 3.63) is 30.3 Å². The van der Waals surface area contributed by atoms with E-state index in [2.05, 4.69) is 42.2 Å². The SMILES string of the molecule is CCCCCCCCCCCC1CCCCN1c1ccccc1. The third kappa shape index (κ3) is 6.97. The number of anilines is 1. The summed E-state index contributed by atoms with van der Waals surface area (Å²) in [6.45, 7) is 3.55. The number of hydrogen-bond donors (Lipinski definition) is 0. The lowest BCUT2D eigenvalue weighted by Crippen LogP contribution is -2.39. The molecule has 2 rings (SSSR count). The minimum Gasteiger partial charge on any atom is -0.369 e. The third-order valence-electron chi connectivity index (χ3n) is 5.36. The Morgan fingerprint density at radius 1 is 0.826 bits per heavy atom. The van der Waals surface area contributed by atoms with Crippen molar-refractivity contribution >= 4 is 5.69 Å². The van der Waals surface area contributed by atoms with Gasteiger partial charge in [0.05, 0.1) is 0 Å². The van der Waals surface area contributed by atoms with Crippen molar-refractivity contribution in [1.29, 1.82) is 0 Å². The molecule has 1 fully saturated rings. The second kappa shape index (κ2) is 11.5. The number of benzene rings is 1. The third-order valence-corrected chi connectivity index (χ3v) is 5.36. The van der Waals surface area contributed by atoms with Crippen molar-refractivity contribution in [1.82, 2.24) is 0 Å². The largest absolute Gasteiger partial charge is 0.369 e. The molecule has 1 aromatic carbocycles. The first kappa shape index (κ1) is 18.4. The van der Waals surface area contributed by atoms with Crippen LogP contribution in [0.15, 0.2) is 30.3 Å². The number of para-hydroxylation sites is 1. The summed E-state index contributed by atoms with van der Waals surface area (Å²) in [4.78, 5) is 2.67. The van der Waals surface area contributed by atoms with Gasteiger partial charge in [-0.2, -0.15) is 0 Å². The minimum absolute atomic E-state index is 0.788. The van der Waals surface area contributed by atoms with E-state index in [-0.39, 0.29) is 0 Å². The Balaban J connectivity index is 1.60. The van der Waals surface area contributed by atoms with Gasteiger partial charge in [-0.3, -0.25) is 0 Å². The Bertz CT molecular complexity index is 386. The molecule has 0 saturated carbocycles. The second-order valence-corrected chi connectivity index (χ2v) is 7.30. The van der Waals surface area contributed by atoms with E-state index < -0.39 is 0 Å². The molecule has 130 valence electrons. The molecule has 0 N–H and O–H groups in total. The monoisotopic (exact) mass is 315 g/mol. The predicted molar refractivity (Wildman–Crippen MR) is 103 cm³/mol. The van der Waals surface area contributed by atoms with Crippen LogP contribution >= 0.6 is 0 Å². The van der Waals surface area contributed by atoms with E-state index >= 15 is 0 Å². The zero-order valence-corrected chi connectivity index (χ0v) is 15.3. The van der Waals surface area contributed by atoms with Gasteiger partial charge in [0.2, 0.25) is 0 Å². The molecule has 1 unspecified atom stereocenters. The normalized spacial score (nSPS) is 18.3. The molecular formula is C22H37N. The van der Waals surface area contributed by atoms with Crippen molar-refractivity contribution in [3.8, 4) is 0 Å². The van der Waals surface area contributed by atoms with Crippen LogP contribution in [0.2, 0.25) is 0 Å². The summed E-state index contributed by atoms with van der Waals surface area (Å²) in [6, 6.07) is 11.8. The zero-order valence-electron chi connectivity index (χ0n) is 15.3. The van der Waals surface area contributed by atoms with Crippen LogP contribution in [-0.4, -0.2) is 12.6 Å². The summed E-state index contributed by atoms with van der Waals surface area (Å²) < 4.78 is 0. The Hall–Kier alpha value is -0.980. The second-order valence-electron chi connectivity index (χ2n) is 7.30. The van der Waals surface area contributed by atoms with Crippen LogP contribution < -0.4 is 4.90 Å². The lowest BCUT2D eigenvalue weighted by Gasteiger charge is -2.38. The Morgan fingerprint density at radius 2 is 1.48 bits per heavy atom. The fourth-order valence-electron chi connectivity index (χ4n) is 3.95. The van der Waals surface area contributed by atoms with Crippen LogP contribution in [0, 0.1) is 0 Å². The number of piperidine rings is 1. The van der Waals surface area contributed by atoms with E-state index in [4.69, 9.17) is 0 Å². The van der Waals surface area contributed by atoms with Gasteiger partial charge in [0.1, 0.15) is 0 Å². The first-order chi connectivity index (χ1) is 11.4. The van der Waals surface area contributed by atoms with E-state index in [1.54, 1.807) is 0 Å². The Kier molecular flexibility index (Phi) is 9.21. The number of hydrogen-bond acceptors (Lipinski definition) is 1. The smallest absolute Gasteiger partial charge is 0.0368 e. The Morgan fingerprint density at radius 3 is 2.17 bits per heavy atom. The molecule has 1 saturated heterocycles. The van der Waals surface area contributed by atoms with E-state index in [0.717, 1.165) is 6.04 Å². The van der Waals surface area contributed by atoms with Crippen molar-refractivity contribution in [3.63, 3.8) is 0 Å². The molecule has 1 heterocycles. The van der Waals surface area contributed by atoms with Gasteiger partial charge in [0.15, 0.2) is 0 Å². The molecule has 0 aromatic heterocycles. The molecule has 0 spiro atoms. The molecule has 23 heavy (non-hydrogen) atoms. The molecule has 1 aromatic rings. The molecule has 0 bridgehead atoms. The minimum atomic E-state index is 0.788. The first-order valence-corrected chi connectivity index (χ1v) is 10.2. The summed E-state index contributed by atoms with van der Waals surface area (Å²) in [5.41, 5.74) is 1.44. The van der Waals surface area contributed by atoms with Crippen LogP contribution in [0.1, 0.15) is 90.4 Å². The van der Waals surface area contributed by atoms with Gasteiger partial charge in [-0.05, 0) is 37.8 Å². The van der Waals surface area contributed by atoms with Crippen LogP contribution in [-0.2, 0) is 0 Å². The van der Waals surface area contributed by atoms with Crippen molar-refractivity contribution in [2.75, 3.05) is 11.4 Å². The first-order valence-electron chi connectivity index (χ1n) is 10.2. The maximum atomic E-state index is 2.67. The number of rotatable bonds is 11. The molecule has 1 aliphatic rings. The van der Waals surface area contributed by atoms with Gasteiger partial charge in [-0.15, -0.1) is 0 Å². The number of unbranched alkanes of at least 4 members (excludes halogenated alkanes) is 8. The lowest BCUT2D eigenvalue weighted by atomic mass is 9.95. The highest BCUT2D eigenvalue weighted by atomic mass is 15.2. The van der Waals surface area contributed by atoms with Crippen molar-refractivity contribution in [2.24, 2.45) is 0 Å². The fraction of sp³-hybridized carbons (Fsp3) is 0.727. The van der Waals surface area contributed by atoms with E-state index in [0.29, 0.717) is 0 Å². The quantitative estimate of drug-likeness (QED) is 0.399. The highest BCUT2D eigenvalue weighted by Gasteiger charge is 2.21. The summed E-state index contributed by atoms with van der Waals surface area (Å²) in [7, 11) is 0. The van der Waals surface area contributed by atoms with Crippen molar-refractivity contribution in [2.45, 2.75) is 96.4 Å². The summed E-state index contributed by atoms with van der Waals surface area (Å²) in [5.74, 6) is 0. The molecule has 0 aliphatic carbocycles. The average Bonchev–Trinajstić information content (AvgIpc) is 2.61. The maximum Gasteiger partial charge on any atom is 0.0368 e. The molecule has 0 radical (unpaired) electrons. The van der Waals surface area contributed by atoms with Crippen LogP contribution in [0.4, 0.5) is 5.69 Å². The molecule has 1 aliphatic heterocycles. The standard InChI is InChI=1S/C22H37N/c1-2-3-4-5-6-7-8-9-11-16-22-19-14-15-20-23(22)21-17-12-10-13-18-21/h10,12-13,17-18,22H,2-9,11,14-16,19-20H2,1H3. The molecule has 1 atom stereocenters.